The number of hydrogen-bond donors (Lipinski definition) is 2. The summed E-state index contributed by atoms with van der Waals surface area (Å²) in [6.45, 7) is 9.14. The number of likely N-dealkylation sites (tertiary alicyclic amines) is 1. The third kappa shape index (κ3) is 6.85. The number of amides is 2. The third-order valence-electron chi connectivity index (χ3n) is 8.18. The molecule has 1 saturated heterocycles. The Bertz CT molecular complexity index is 1130. The van der Waals surface area contributed by atoms with Crippen LogP contribution in [0.1, 0.15) is 57.6 Å². The van der Waals surface area contributed by atoms with Gasteiger partial charge in [0, 0.05) is 24.4 Å². The van der Waals surface area contributed by atoms with E-state index in [9.17, 15) is 14.7 Å². The lowest BCUT2D eigenvalue weighted by Crippen LogP contribution is -2.51. The summed E-state index contributed by atoms with van der Waals surface area (Å²) in [7, 11) is 1.62. The molecule has 1 aliphatic heterocycles. The van der Waals surface area contributed by atoms with Crippen molar-refractivity contribution in [2.75, 3.05) is 26.8 Å². The summed E-state index contributed by atoms with van der Waals surface area (Å²) >= 11 is 0. The van der Waals surface area contributed by atoms with Crippen LogP contribution in [0.4, 0.5) is 4.79 Å². The van der Waals surface area contributed by atoms with E-state index < -0.39 is 23.7 Å². The molecule has 1 aliphatic carbocycles. The molecule has 2 aromatic carbocycles. The van der Waals surface area contributed by atoms with E-state index in [4.69, 9.17) is 14.2 Å². The van der Waals surface area contributed by atoms with Crippen molar-refractivity contribution >= 4 is 12.0 Å². The lowest BCUT2D eigenvalue weighted by molar-refractivity contribution is -0.134. The molecule has 1 heterocycles. The Labute approximate surface area is 231 Å². The summed E-state index contributed by atoms with van der Waals surface area (Å²) in [5, 5.41) is 13.7. The van der Waals surface area contributed by atoms with Crippen LogP contribution in [0.2, 0.25) is 0 Å². The Hall–Kier alpha value is -3.26. The highest BCUT2D eigenvalue weighted by molar-refractivity contribution is 5.86. The second kappa shape index (κ2) is 12.3. The number of carbonyl (C=O) groups excluding carboxylic acids is 2. The normalized spacial score (nSPS) is 22.3. The van der Waals surface area contributed by atoms with E-state index in [0.717, 1.165) is 11.1 Å². The minimum Gasteiger partial charge on any atom is -0.493 e. The van der Waals surface area contributed by atoms with Crippen molar-refractivity contribution in [2.45, 2.75) is 65.2 Å². The van der Waals surface area contributed by atoms with Gasteiger partial charge in [0.1, 0.15) is 12.6 Å². The molecule has 39 heavy (non-hydrogen) atoms. The summed E-state index contributed by atoms with van der Waals surface area (Å²) in [4.78, 5) is 28.1. The Balaban J connectivity index is 1.49. The van der Waals surface area contributed by atoms with Gasteiger partial charge >= 0.3 is 6.09 Å². The van der Waals surface area contributed by atoms with Gasteiger partial charge in [-0.05, 0) is 54.9 Å². The molecule has 0 unspecified atom stereocenters. The predicted molar refractivity (Wildman–Crippen MR) is 149 cm³/mol. The molecule has 0 radical (unpaired) electrons. The summed E-state index contributed by atoms with van der Waals surface area (Å²) in [6, 6.07) is 14.5. The number of ether oxygens (including phenoxy) is 3. The lowest BCUT2D eigenvalue weighted by Gasteiger charge is -2.34. The van der Waals surface area contributed by atoms with Crippen molar-refractivity contribution in [3.05, 3.63) is 59.7 Å². The van der Waals surface area contributed by atoms with Crippen molar-refractivity contribution in [2.24, 2.45) is 17.3 Å². The van der Waals surface area contributed by atoms with Gasteiger partial charge in [0.15, 0.2) is 11.5 Å². The molecular formula is C31H42N2O6. The molecule has 2 aliphatic rings. The van der Waals surface area contributed by atoms with Crippen LogP contribution >= 0.6 is 0 Å². The quantitative estimate of drug-likeness (QED) is 0.429. The van der Waals surface area contributed by atoms with E-state index in [0.29, 0.717) is 37.1 Å². The highest BCUT2D eigenvalue weighted by Crippen LogP contribution is 2.47. The first-order chi connectivity index (χ1) is 18.6. The predicted octanol–water partition coefficient (Wildman–Crippen LogP) is 4.75. The number of alkyl carbamates (subject to hydrolysis) is 1. The second-order valence-corrected chi connectivity index (χ2v) is 11.5. The van der Waals surface area contributed by atoms with Crippen molar-refractivity contribution < 1.29 is 28.9 Å². The number of carbonyl (C=O) groups is 2. The molecule has 8 nitrogen and oxygen atoms in total. The number of nitrogens with zero attached hydrogens (tertiary/aromatic N) is 1. The number of rotatable bonds is 11. The van der Waals surface area contributed by atoms with Gasteiger partial charge in [0.2, 0.25) is 5.91 Å². The topological polar surface area (TPSA) is 97.3 Å². The maximum atomic E-state index is 13.8. The van der Waals surface area contributed by atoms with Gasteiger partial charge in [-0.25, -0.2) is 4.79 Å². The SMILES string of the molecule is COc1ccc([C@@H]2CN(C(=O)[C@@H](NC(=O)OCc3ccccc3)C(C)C)C[C@@]2(C)[C@@H](C)O)cc1OCC1CC1. The zero-order valence-corrected chi connectivity index (χ0v) is 23.7. The molecule has 8 heteroatoms. The molecule has 0 spiro atoms. The van der Waals surface area contributed by atoms with E-state index in [-0.39, 0.29) is 24.3 Å². The van der Waals surface area contributed by atoms with E-state index in [1.807, 2.05) is 69.3 Å². The second-order valence-electron chi connectivity index (χ2n) is 11.5. The Kier molecular flexibility index (Phi) is 9.05. The lowest BCUT2D eigenvalue weighted by atomic mass is 9.72. The number of hydrogen-bond acceptors (Lipinski definition) is 6. The first-order valence-electron chi connectivity index (χ1n) is 13.9. The van der Waals surface area contributed by atoms with Gasteiger partial charge in [0.05, 0.1) is 19.8 Å². The highest BCUT2D eigenvalue weighted by atomic mass is 16.5. The minimum atomic E-state index is -0.751. The average molecular weight is 539 g/mol. The molecule has 2 aromatic rings. The van der Waals surface area contributed by atoms with Gasteiger partial charge in [-0.2, -0.15) is 0 Å². The van der Waals surface area contributed by atoms with Crippen molar-refractivity contribution in [3.63, 3.8) is 0 Å². The molecule has 0 aromatic heterocycles. The van der Waals surface area contributed by atoms with Crippen molar-refractivity contribution in [3.8, 4) is 11.5 Å². The molecule has 1 saturated carbocycles. The van der Waals surface area contributed by atoms with Crippen LogP contribution in [0.15, 0.2) is 48.5 Å². The Morgan fingerprint density at radius 3 is 2.44 bits per heavy atom. The molecule has 2 fully saturated rings. The van der Waals surface area contributed by atoms with Crippen molar-refractivity contribution in [1.29, 1.82) is 0 Å². The molecular weight excluding hydrogens is 496 g/mol. The van der Waals surface area contributed by atoms with Crippen LogP contribution in [0, 0.1) is 17.3 Å². The van der Waals surface area contributed by atoms with Crippen LogP contribution in [0.5, 0.6) is 11.5 Å². The first-order valence-corrected chi connectivity index (χ1v) is 13.9. The van der Waals surface area contributed by atoms with Crippen LogP contribution < -0.4 is 14.8 Å². The molecule has 2 N–H and O–H groups in total. The van der Waals surface area contributed by atoms with E-state index in [1.54, 1.807) is 18.9 Å². The molecule has 2 amide bonds. The van der Waals surface area contributed by atoms with Crippen LogP contribution in [0.25, 0.3) is 0 Å². The van der Waals surface area contributed by atoms with Gasteiger partial charge in [0.25, 0.3) is 0 Å². The number of nitrogens with one attached hydrogen (secondary N) is 1. The number of methoxy groups -OCH3 is 1. The summed E-state index contributed by atoms with van der Waals surface area (Å²) < 4.78 is 17.0. The maximum Gasteiger partial charge on any atom is 0.408 e. The minimum absolute atomic E-state index is 0.125. The van der Waals surface area contributed by atoms with Crippen LogP contribution in [-0.4, -0.2) is 61.0 Å². The maximum absolute atomic E-state index is 13.8. The van der Waals surface area contributed by atoms with Gasteiger partial charge < -0.3 is 29.5 Å². The zero-order valence-electron chi connectivity index (χ0n) is 23.7. The average Bonchev–Trinajstić information content (AvgIpc) is 3.69. The first kappa shape index (κ1) is 28.7. The van der Waals surface area contributed by atoms with Crippen LogP contribution in [0.3, 0.4) is 0 Å². The van der Waals surface area contributed by atoms with Gasteiger partial charge in [-0.15, -0.1) is 0 Å². The summed E-state index contributed by atoms with van der Waals surface area (Å²) in [5.41, 5.74) is 1.26. The largest absolute Gasteiger partial charge is 0.493 e. The fourth-order valence-electron chi connectivity index (χ4n) is 5.21. The molecule has 4 rings (SSSR count). The highest BCUT2D eigenvalue weighted by Gasteiger charge is 2.49. The number of aliphatic hydroxyl groups excluding tert-OH is 1. The monoisotopic (exact) mass is 538 g/mol. The molecule has 4 atom stereocenters. The van der Waals surface area contributed by atoms with Gasteiger partial charge in [-0.1, -0.05) is 57.2 Å². The Morgan fingerprint density at radius 2 is 1.82 bits per heavy atom. The third-order valence-corrected chi connectivity index (χ3v) is 8.18. The van der Waals surface area contributed by atoms with E-state index in [2.05, 4.69) is 5.32 Å². The fourth-order valence-corrected chi connectivity index (χ4v) is 5.21. The van der Waals surface area contributed by atoms with E-state index >= 15 is 0 Å². The smallest absolute Gasteiger partial charge is 0.408 e. The van der Waals surface area contributed by atoms with Gasteiger partial charge in [-0.3, -0.25) is 4.79 Å². The van der Waals surface area contributed by atoms with Crippen LogP contribution in [-0.2, 0) is 16.1 Å². The zero-order chi connectivity index (χ0) is 28.2. The summed E-state index contributed by atoms with van der Waals surface area (Å²) in [5.74, 6) is 1.48. The van der Waals surface area contributed by atoms with E-state index in [1.165, 1.54) is 12.8 Å². The molecule has 0 bridgehead atoms. The van der Waals surface area contributed by atoms with Crippen molar-refractivity contribution in [1.82, 2.24) is 10.2 Å². The molecule has 212 valence electrons. The number of benzene rings is 2. The summed E-state index contributed by atoms with van der Waals surface area (Å²) in [6.07, 6.45) is 1.08. The number of aliphatic hydroxyl groups is 1. The fraction of sp³-hybridized carbons (Fsp3) is 0.548. The Morgan fingerprint density at radius 1 is 1.10 bits per heavy atom. The standard InChI is InChI=1S/C31H42N2O6/c1-20(2)28(32-30(36)39-18-22-9-7-6-8-10-22)29(35)33-16-25(31(4,19-33)21(3)34)24-13-14-26(37-5)27(15-24)38-17-23-11-12-23/h6-10,13-15,20-21,23,25,28,34H,11-12,16-19H2,1-5H3,(H,32,36)/t21-,25+,28+,31+/m1/s1.